The van der Waals surface area contributed by atoms with Crippen molar-refractivity contribution in [2.45, 2.75) is 57.5 Å². The first kappa shape index (κ1) is 13.7. The van der Waals surface area contributed by atoms with Gasteiger partial charge in [0, 0.05) is 24.3 Å². The number of likely N-dealkylation sites (tertiary alicyclic amines) is 1. The van der Waals surface area contributed by atoms with Gasteiger partial charge in [0.05, 0.1) is 6.20 Å². The van der Waals surface area contributed by atoms with Crippen LogP contribution in [0.25, 0.3) is 0 Å². The fraction of sp³-hybridized carbons (Fsp3) is 0.688. The van der Waals surface area contributed by atoms with Gasteiger partial charge >= 0.3 is 0 Å². The lowest BCUT2D eigenvalue weighted by Gasteiger charge is -2.29. The molecule has 2 heterocycles. The average Bonchev–Trinajstić information content (AvgIpc) is 2.96. The molecule has 0 atom stereocenters. The molecule has 0 unspecified atom stereocenters. The highest BCUT2D eigenvalue weighted by atomic mass is 16.3. The zero-order valence-electron chi connectivity index (χ0n) is 12.1. The van der Waals surface area contributed by atoms with Crippen LogP contribution in [-0.2, 0) is 6.54 Å². The maximum atomic E-state index is 11.8. The highest BCUT2D eigenvalue weighted by Crippen LogP contribution is 2.30. The zero-order valence-corrected chi connectivity index (χ0v) is 12.1. The van der Waals surface area contributed by atoms with E-state index in [0.717, 1.165) is 38.2 Å². The smallest absolute Gasteiger partial charge is 0.223 e. The maximum absolute atomic E-state index is 11.8. The molecule has 4 heteroatoms. The van der Waals surface area contributed by atoms with Gasteiger partial charge in [-0.3, -0.25) is 9.69 Å². The molecule has 2 fully saturated rings. The third-order valence-electron chi connectivity index (χ3n) is 4.70. The molecule has 4 nitrogen and oxygen atoms in total. The molecule has 0 aromatic carbocycles. The van der Waals surface area contributed by atoms with E-state index >= 15 is 0 Å². The van der Waals surface area contributed by atoms with Crippen LogP contribution in [0.2, 0.25) is 0 Å². The lowest BCUT2D eigenvalue weighted by Crippen LogP contribution is -2.25. The normalized spacial score (nSPS) is 21.4. The van der Waals surface area contributed by atoms with E-state index in [2.05, 4.69) is 9.47 Å². The van der Waals surface area contributed by atoms with Gasteiger partial charge in [0.1, 0.15) is 0 Å². The van der Waals surface area contributed by atoms with Crippen molar-refractivity contribution in [2.24, 2.45) is 0 Å². The number of nitrogens with zero attached hydrogens (tertiary/aromatic N) is 2. The highest BCUT2D eigenvalue weighted by molar-refractivity contribution is 5.21. The maximum Gasteiger partial charge on any atom is 0.223 e. The lowest BCUT2D eigenvalue weighted by molar-refractivity contribution is 0.292. The summed E-state index contributed by atoms with van der Waals surface area (Å²) in [6.45, 7) is 3.09. The van der Waals surface area contributed by atoms with Crippen LogP contribution in [-0.4, -0.2) is 27.7 Å². The Bertz CT molecular complexity index is 512. The van der Waals surface area contributed by atoms with E-state index < -0.39 is 0 Å². The van der Waals surface area contributed by atoms with Crippen LogP contribution in [0.5, 0.6) is 5.75 Å². The van der Waals surface area contributed by atoms with Gasteiger partial charge in [0.2, 0.25) is 5.43 Å². The summed E-state index contributed by atoms with van der Waals surface area (Å²) in [5, 5.41) is 9.77. The number of hydrogen-bond donors (Lipinski definition) is 1. The van der Waals surface area contributed by atoms with Gasteiger partial charge < -0.3 is 9.67 Å². The number of pyridine rings is 1. The van der Waals surface area contributed by atoms with Crippen molar-refractivity contribution in [3.63, 3.8) is 0 Å². The van der Waals surface area contributed by atoms with Crippen LogP contribution in [0.1, 0.15) is 56.7 Å². The quantitative estimate of drug-likeness (QED) is 0.923. The molecule has 0 radical (unpaired) electrons. The molecule has 1 saturated carbocycles. The van der Waals surface area contributed by atoms with Crippen LogP contribution in [0.15, 0.2) is 17.1 Å². The first-order chi connectivity index (χ1) is 9.74. The molecular formula is C16H24N2O2. The molecular weight excluding hydrogens is 252 g/mol. The monoisotopic (exact) mass is 276 g/mol. The second kappa shape index (κ2) is 6.00. The van der Waals surface area contributed by atoms with E-state index in [-0.39, 0.29) is 11.2 Å². The molecule has 3 rings (SSSR count). The number of aromatic hydroxyl groups is 1. The Morgan fingerprint density at radius 2 is 1.80 bits per heavy atom. The van der Waals surface area contributed by atoms with Gasteiger partial charge in [-0.2, -0.15) is 0 Å². The molecule has 1 aliphatic carbocycles. The minimum Gasteiger partial charge on any atom is -0.503 e. The van der Waals surface area contributed by atoms with E-state index in [1.54, 1.807) is 12.3 Å². The van der Waals surface area contributed by atoms with Gasteiger partial charge in [-0.25, -0.2) is 0 Å². The summed E-state index contributed by atoms with van der Waals surface area (Å²) in [4.78, 5) is 14.2. The minimum absolute atomic E-state index is 0.110. The van der Waals surface area contributed by atoms with E-state index in [1.807, 2.05) is 0 Å². The summed E-state index contributed by atoms with van der Waals surface area (Å²) >= 11 is 0. The van der Waals surface area contributed by atoms with Crippen LogP contribution < -0.4 is 5.43 Å². The summed E-state index contributed by atoms with van der Waals surface area (Å²) < 4.78 is 2.17. The molecule has 2 aliphatic rings. The van der Waals surface area contributed by atoms with Gasteiger partial charge in [-0.1, -0.05) is 19.3 Å². The summed E-state index contributed by atoms with van der Waals surface area (Å²) in [5.74, 6) is -0.110. The van der Waals surface area contributed by atoms with Crippen molar-refractivity contribution in [1.29, 1.82) is 0 Å². The van der Waals surface area contributed by atoms with E-state index in [9.17, 15) is 9.90 Å². The van der Waals surface area contributed by atoms with Gasteiger partial charge in [-0.15, -0.1) is 0 Å². The summed E-state index contributed by atoms with van der Waals surface area (Å²) in [6.07, 6.45) is 10.3. The van der Waals surface area contributed by atoms with E-state index in [0.29, 0.717) is 6.04 Å². The highest BCUT2D eigenvalue weighted by Gasteiger charge is 2.20. The van der Waals surface area contributed by atoms with Crippen LogP contribution >= 0.6 is 0 Å². The molecule has 1 N–H and O–H groups in total. The number of hydrogen-bond acceptors (Lipinski definition) is 3. The first-order valence-electron chi connectivity index (χ1n) is 7.90. The van der Waals surface area contributed by atoms with Crippen molar-refractivity contribution < 1.29 is 5.11 Å². The lowest BCUT2D eigenvalue weighted by atomic mass is 9.95. The number of rotatable bonds is 3. The molecule has 1 aliphatic heterocycles. The molecule has 0 amide bonds. The van der Waals surface area contributed by atoms with Gasteiger partial charge in [-0.05, 0) is 38.8 Å². The van der Waals surface area contributed by atoms with E-state index in [1.165, 1.54) is 32.1 Å². The predicted octanol–water partition coefficient (Wildman–Crippen LogP) is 2.65. The Kier molecular flexibility index (Phi) is 4.10. The Morgan fingerprint density at radius 1 is 1.10 bits per heavy atom. The second-order valence-corrected chi connectivity index (χ2v) is 6.20. The van der Waals surface area contributed by atoms with Crippen LogP contribution in [0.3, 0.4) is 0 Å². The number of aromatic nitrogens is 1. The average molecular weight is 276 g/mol. The molecule has 110 valence electrons. The first-order valence-corrected chi connectivity index (χ1v) is 7.90. The Hall–Kier alpha value is -1.29. The summed E-state index contributed by atoms with van der Waals surface area (Å²) in [5.41, 5.74) is 0.827. The third-order valence-corrected chi connectivity index (χ3v) is 4.70. The van der Waals surface area contributed by atoms with Crippen molar-refractivity contribution in [1.82, 2.24) is 9.47 Å². The largest absolute Gasteiger partial charge is 0.503 e. The van der Waals surface area contributed by atoms with Gasteiger partial charge in [0.25, 0.3) is 0 Å². The van der Waals surface area contributed by atoms with E-state index in [4.69, 9.17) is 0 Å². The zero-order chi connectivity index (χ0) is 13.9. The predicted molar refractivity (Wildman–Crippen MR) is 79.0 cm³/mol. The standard InChI is InChI=1S/C16H24N2O2/c19-15-10-14(11-17-8-4-5-9-17)18(12-16(15)20)13-6-2-1-3-7-13/h10,12-13,20H,1-9,11H2. The topological polar surface area (TPSA) is 45.5 Å². The van der Waals surface area contributed by atoms with Crippen LogP contribution in [0.4, 0.5) is 0 Å². The fourth-order valence-electron chi connectivity index (χ4n) is 3.57. The molecule has 1 saturated heterocycles. The molecule has 0 bridgehead atoms. The molecule has 20 heavy (non-hydrogen) atoms. The molecule has 1 aromatic heterocycles. The second-order valence-electron chi connectivity index (χ2n) is 6.20. The molecule has 0 spiro atoms. The molecule has 1 aromatic rings. The Labute approximate surface area is 120 Å². The van der Waals surface area contributed by atoms with Crippen molar-refractivity contribution in [3.8, 4) is 5.75 Å². The summed E-state index contributed by atoms with van der Waals surface area (Å²) in [7, 11) is 0. The SMILES string of the molecule is O=c1cc(CN2CCCC2)n(C2CCCCC2)cc1O. The van der Waals surface area contributed by atoms with Crippen molar-refractivity contribution in [3.05, 3.63) is 28.2 Å². The third kappa shape index (κ3) is 2.90. The Balaban J connectivity index is 1.88. The fourth-order valence-corrected chi connectivity index (χ4v) is 3.57. The van der Waals surface area contributed by atoms with Gasteiger partial charge in [0.15, 0.2) is 5.75 Å². The minimum atomic E-state index is -0.244. The van der Waals surface area contributed by atoms with Crippen molar-refractivity contribution in [2.75, 3.05) is 13.1 Å². The Morgan fingerprint density at radius 3 is 2.50 bits per heavy atom. The summed E-state index contributed by atoms with van der Waals surface area (Å²) in [6, 6.07) is 2.09. The van der Waals surface area contributed by atoms with Crippen molar-refractivity contribution >= 4 is 0 Å². The van der Waals surface area contributed by atoms with Crippen LogP contribution in [0, 0.1) is 0 Å².